The normalized spacial score (nSPS) is 12.4. The van der Waals surface area contributed by atoms with E-state index < -0.39 is 11.9 Å². The minimum Gasteiger partial charge on any atom is -0.488 e. The Morgan fingerprint density at radius 3 is 2.76 bits per heavy atom. The average Bonchev–Trinajstić information content (AvgIpc) is 2.81. The topological polar surface area (TPSA) is 42.6 Å². The van der Waals surface area contributed by atoms with Crippen LogP contribution in [-0.2, 0) is 6.42 Å². The van der Waals surface area contributed by atoms with Gasteiger partial charge >= 0.3 is 0 Å². The molecule has 0 spiro atoms. The molecule has 0 aliphatic carbocycles. The highest BCUT2D eigenvalue weighted by Crippen LogP contribution is 2.16. The minimum atomic E-state index is -0.722. The zero-order valence-electron chi connectivity index (χ0n) is 9.17. The third-order valence-corrected chi connectivity index (χ3v) is 2.28. The van der Waals surface area contributed by atoms with Gasteiger partial charge in [0, 0.05) is 6.42 Å². The molecule has 0 saturated heterocycles. The van der Waals surface area contributed by atoms with E-state index in [-0.39, 0.29) is 12.4 Å². The van der Waals surface area contributed by atoms with Crippen LogP contribution in [0.5, 0.6) is 5.75 Å². The molecule has 1 atom stereocenters. The summed E-state index contributed by atoms with van der Waals surface area (Å²) in [4.78, 5) is 0. The number of aliphatic hydroxyl groups is 1. The maximum atomic E-state index is 13.2. The second-order valence-electron chi connectivity index (χ2n) is 3.68. The van der Waals surface area contributed by atoms with Crippen molar-refractivity contribution < 1.29 is 18.7 Å². The van der Waals surface area contributed by atoms with Gasteiger partial charge in [-0.25, -0.2) is 4.39 Å². The highest BCUT2D eigenvalue weighted by molar-refractivity contribution is 5.23. The van der Waals surface area contributed by atoms with Gasteiger partial charge in [-0.2, -0.15) is 0 Å². The van der Waals surface area contributed by atoms with E-state index in [2.05, 4.69) is 0 Å². The summed E-state index contributed by atoms with van der Waals surface area (Å²) in [6.45, 7) is 0.0294. The van der Waals surface area contributed by atoms with Gasteiger partial charge in [-0.05, 0) is 24.3 Å². The van der Waals surface area contributed by atoms with E-state index in [0.717, 1.165) is 0 Å². The average molecular weight is 236 g/mol. The number of para-hydroxylation sites is 1. The Bertz CT molecular complexity index is 453. The highest BCUT2D eigenvalue weighted by atomic mass is 19.1. The van der Waals surface area contributed by atoms with Crippen molar-refractivity contribution in [3.8, 4) is 5.75 Å². The van der Waals surface area contributed by atoms with Crippen LogP contribution in [0, 0.1) is 5.82 Å². The van der Waals surface area contributed by atoms with Crippen LogP contribution >= 0.6 is 0 Å². The lowest BCUT2D eigenvalue weighted by molar-refractivity contribution is 0.101. The van der Waals surface area contributed by atoms with E-state index in [9.17, 15) is 9.50 Å². The van der Waals surface area contributed by atoms with Crippen molar-refractivity contribution in [2.45, 2.75) is 12.5 Å². The van der Waals surface area contributed by atoms with Crippen LogP contribution in [0.15, 0.2) is 47.1 Å². The Balaban J connectivity index is 1.84. The largest absolute Gasteiger partial charge is 0.488 e. The molecule has 1 aromatic heterocycles. The smallest absolute Gasteiger partial charge is 0.165 e. The first-order valence-electron chi connectivity index (χ1n) is 5.33. The summed E-state index contributed by atoms with van der Waals surface area (Å²) < 4.78 is 23.5. The van der Waals surface area contributed by atoms with Crippen LogP contribution < -0.4 is 4.74 Å². The highest BCUT2D eigenvalue weighted by Gasteiger charge is 2.10. The maximum Gasteiger partial charge on any atom is 0.165 e. The number of halogens is 1. The lowest BCUT2D eigenvalue weighted by Gasteiger charge is -2.11. The standard InChI is InChI=1S/C13H13FO3/c14-12-5-1-2-6-13(12)17-9-10(15)8-11-4-3-7-16-11/h1-7,10,15H,8-9H2. The molecule has 2 aromatic rings. The van der Waals surface area contributed by atoms with Crippen molar-refractivity contribution in [3.05, 3.63) is 54.2 Å². The molecule has 1 N–H and O–H groups in total. The van der Waals surface area contributed by atoms with Crippen molar-refractivity contribution in [1.29, 1.82) is 0 Å². The summed E-state index contributed by atoms with van der Waals surface area (Å²) in [6, 6.07) is 9.62. The molecule has 0 fully saturated rings. The van der Waals surface area contributed by atoms with E-state index in [4.69, 9.17) is 9.15 Å². The Kier molecular flexibility index (Phi) is 3.77. The lowest BCUT2D eigenvalue weighted by atomic mass is 10.2. The van der Waals surface area contributed by atoms with Crippen LogP contribution in [0.25, 0.3) is 0 Å². The summed E-state index contributed by atoms with van der Waals surface area (Å²) in [6.07, 6.45) is 1.17. The van der Waals surface area contributed by atoms with Gasteiger partial charge in [-0.15, -0.1) is 0 Å². The van der Waals surface area contributed by atoms with Crippen LogP contribution in [0.2, 0.25) is 0 Å². The second-order valence-corrected chi connectivity index (χ2v) is 3.68. The van der Waals surface area contributed by atoms with Crippen molar-refractivity contribution in [2.24, 2.45) is 0 Å². The molecule has 0 saturated carbocycles. The SMILES string of the molecule is OC(COc1ccccc1F)Cc1ccco1. The monoisotopic (exact) mass is 236 g/mol. The summed E-state index contributed by atoms with van der Waals surface area (Å²) >= 11 is 0. The van der Waals surface area contributed by atoms with Crippen LogP contribution in [0.4, 0.5) is 4.39 Å². The molecule has 90 valence electrons. The number of hydrogen-bond donors (Lipinski definition) is 1. The van der Waals surface area contributed by atoms with Crippen molar-refractivity contribution >= 4 is 0 Å². The van der Waals surface area contributed by atoms with E-state index >= 15 is 0 Å². The van der Waals surface area contributed by atoms with E-state index in [0.29, 0.717) is 12.2 Å². The van der Waals surface area contributed by atoms with E-state index in [1.54, 1.807) is 30.5 Å². The van der Waals surface area contributed by atoms with Gasteiger partial charge in [0.05, 0.1) is 12.4 Å². The molecule has 0 bridgehead atoms. The van der Waals surface area contributed by atoms with Crippen molar-refractivity contribution in [2.75, 3.05) is 6.61 Å². The summed E-state index contributed by atoms with van der Waals surface area (Å²) in [5.74, 6) is 0.387. The number of ether oxygens (including phenoxy) is 1. The second kappa shape index (κ2) is 5.50. The fourth-order valence-corrected chi connectivity index (χ4v) is 1.47. The quantitative estimate of drug-likeness (QED) is 0.866. The molecule has 0 aliphatic heterocycles. The van der Waals surface area contributed by atoms with Gasteiger partial charge in [0.25, 0.3) is 0 Å². The number of benzene rings is 1. The third-order valence-electron chi connectivity index (χ3n) is 2.28. The van der Waals surface area contributed by atoms with Gasteiger partial charge in [0.1, 0.15) is 12.4 Å². The zero-order chi connectivity index (χ0) is 12.1. The molecular weight excluding hydrogens is 223 g/mol. The van der Waals surface area contributed by atoms with Gasteiger partial charge in [-0.3, -0.25) is 0 Å². The summed E-state index contributed by atoms with van der Waals surface area (Å²) in [5.41, 5.74) is 0. The first kappa shape index (κ1) is 11.7. The van der Waals surface area contributed by atoms with Gasteiger partial charge in [0.15, 0.2) is 11.6 Å². The summed E-state index contributed by atoms with van der Waals surface area (Å²) in [5, 5.41) is 9.67. The van der Waals surface area contributed by atoms with Crippen molar-refractivity contribution in [3.63, 3.8) is 0 Å². The van der Waals surface area contributed by atoms with Gasteiger partial charge in [-0.1, -0.05) is 12.1 Å². The zero-order valence-corrected chi connectivity index (χ0v) is 9.17. The maximum absolute atomic E-state index is 13.2. The van der Waals surface area contributed by atoms with Crippen LogP contribution in [-0.4, -0.2) is 17.8 Å². The molecular formula is C13H13FO3. The fourth-order valence-electron chi connectivity index (χ4n) is 1.47. The number of rotatable bonds is 5. The van der Waals surface area contributed by atoms with E-state index in [1.807, 2.05) is 0 Å². The Labute approximate surface area is 98.5 Å². The van der Waals surface area contributed by atoms with Crippen molar-refractivity contribution in [1.82, 2.24) is 0 Å². The molecule has 1 heterocycles. The molecule has 3 nitrogen and oxygen atoms in total. The molecule has 0 aliphatic rings. The first-order valence-corrected chi connectivity index (χ1v) is 5.33. The lowest BCUT2D eigenvalue weighted by Crippen LogP contribution is -2.20. The number of furan rings is 1. The first-order chi connectivity index (χ1) is 8.25. The fraction of sp³-hybridized carbons (Fsp3) is 0.231. The molecule has 17 heavy (non-hydrogen) atoms. The molecule has 1 unspecified atom stereocenters. The predicted molar refractivity (Wildman–Crippen MR) is 60.3 cm³/mol. The van der Waals surface area contributed by atoms with Gasteiger partial charge < -0.3 is 14.3 Å². The molecule has 0 radical (unpaired) electrons. The van der Waals surface area contributed by atoms with Crippen LogP contribution in [0.1, 0.15) is 5.76 Å². The summed E-state index contributed by atoms with van der Waals surface area (Å²) in [7, 11) is 0. The number of aliphatic hydroxyl groups excluding tert-OH is 1. The van der Waals surface area contributed by atoms with Gasteiger partial charge in [0.2, 0.25) is 0 Å². The third kappa shape index (κ3) is 3.32. The molecule has 0 amide bonds. The Morgan fingerprint density at radius 2 is 2.06 bits per heavy atom. The van der Waals surface area contributed by atoms with Crippen LogP contribution in [0.3, 0.4) is 0 Å². The molecule has 2 rings (SSSR count). The molecule has 4 heteroatoms. The molecule has 1 aromatic carbocycles. The predicted octanol–water partition coefficient (Wildman–Crippen LogP) is 2.40. The van der Waals surface area contributed by atoms with E-state index in [1.165, 1.54) is 12.1 Å². The minimum absolute atomic E-state index is 0.0294. The Morgan fingerprint density at radius 1 is 1.24 bits per heavy atom. The Hall–Kier alpha value is -1.81. The number of hydrogen-bond acceptors (Lipinski definition) is 3.